The SMILES string of the molecule is COc1ccc(N2C3=NC4C(C(=O)N(CCc5ccccc5)C(=O)N4C)N3C(C)=C2C)cc1. The van der Waals surface area contributed by atoms with E-state index in [1.165, 1.54) is 4.90 Å². The number of carbonyl (C=O) groups is 2. The molecule has 3 amide bonds. The lowest BCUT2D eigenvalue weighted by Crippen LogP contribution is -2.64. The number of hydrogen-bond acceptors (Lipinski definition) is 6. The number of nitrogens with zero attached hydrogens (tertiary/aromatic N) is 5. The van der Waals surface area contributed by atoms with E-state index in [0.717, 1.165) is 28.4 Å². The van der Waals surface area contributed by atoms with Crippen LogP contribution in [-0.4, -0.2) is 65.5 Å². The van der Waals surface area contributed by atoms with Crippen LogP contribution in [0.2, 0.25) is 0 Å². The maximum Gasteiger partial charge on any atom is 0.328 e. The first-order chi connectivity index (χ1) is 15.9. The lowest BCUT2D eigenvalue weighted by atomic mass is 10.1. The number of aliphatic imine (C=N–C) groups is 1. The zero-order chi connectivity index (χ0) is 23.3. The van der Waals surface area contributed by atoms with Gasteiger partial charge in [-0.1, -0.05) is 30.3 Å². The fourth-order valence-corrected chi connectivity index (χ4v) is 4.74. The lowest BCUT2D eigenvalue weighted by molar-refractivity contribution is -0.136. The molecule has 5 rings (SSSR count). The van der Waals surface area contributed by atoms with Gasteiger partial charge in [-0.2, -0.15) is 0 Å². The van der Waals surface area contributed by atoms with Crippen LogP contribution in [0.5, 0.6) is 5.75 Å². The van der Waals surface area contributed by atoms with E-state index in [9.17, 15) is 9.59 Å². The van der Waals surface area contributed by atoms with Gasteiger partial charge in [0.2, 0.25) is 5.96 Å². The number of rotatable bonds is 5. The average Bonchev–Trinajstić information content (AvgIpc) is 3.33. The number of amides is 3. The third-order valence-electron chi connectivity index (χ3n) is 6.69. The van der Waals surface area contributed by atoms with Crippen molar-refractivity contribution < 1.29 is 14.3 Å². The Balaban J connectivity index is 1.45. The number of carbonyl (C=O) groups excluding carboxylic acids is 2. The summed E-state index contributed by atoms with van der Waals surface area (Å²) in [7, 11) is 3.35. The molecular weight excluding hydrogens is 418 g/mol. The molecule has 2 aromatic rings. The van der Waals surface area contributed by atoms with Gasteiger partial charge in [0, 0.05) is 30.7 Å². The highest BCUT2D eigenvalue weighted by molar-refractivity contribution is 6.10. The van der Waals surface area contributed by atoms with E-state index in [2.05, 4.69) is 0 Å². The van der Waals surface area contributed by atoms with Crippen molar-refractivity contribution in [3.63, 3.8) is 0 Å². The predicted octanol–water partition coefficient (Wildman–Crippen LogP) is 3.27. The van der Waals surface area contributed by atoms with Gasteiger partial charge in [0.05, 0.1) is 7.11 Å². The molecule has 0 radical (unpaired) electrons. The molecule has 0 aromatic heterocycles. The van der Waals surface area contributed by atoms with Crippen molar-refractivity contribution in [1.82, 2.24) is 14.7 Å². The topological polar surface area (TPSA) is 68.7 Å². The Morgan fingerprint density at radius 3 is 2.33 bits per heavy atom. The minimum atomic E-state index is -0.573. The van der Waals surface area contributed by atoms with Crippen LogP contribution >= 0.6 is 0 Å². The fraction of sp³-hybridized carbons (Fsp3) is 0.320. The number of guanidine groups is 1. The predicted molar refractivity (Wildman–Crippen MR) is 126 cm³/mol. The normalized spacial score (nSPS) is 22.1. The van der Waals surface area contributed by atoms with Gasteiger partial charge in [0.1, 0.15) is 5.75 Å². The van der Waals surface area contributed by atoms with Crippen molar-refractivity contribution in [2.45, 2.75) is 32.5 Å². The minimum absolute atomic E-state index is 0.207. The summed E-state index contributed by atoms with van der Waals surface area (Å²) in [6.07, 6.45) is 0.0556. The van der Waals surface area contributed by atoms with Crippen molar-refractivity contribution in [1.29, 1.82) is 0 Å². The molecule has 2 atom stereocenters. The summed E-state index contributed by atoms with van der Waals surface area (Å²) in [5.41, 5.74) is 3.97. The number of anilines is 1. The number of urea groups is 1. The molecule has 0 bridgehead atoms. The molecule has 2 unspecified atom stereocenters. The Kier molecular flexibility index (Phi) is 5.08. The summed E-state index contributed by atoms with van der Waals surface area (Å²) in [6, 6.07) is 16.7. The van der Waals surface area contributed by atoms with Gasteiger partial charge in [-0.15, -0.1) is 0 Å². The van der Waals surface area contributed by atoms with E-state index in [1.54, 1.807) is 19.1 Å². The maximum atomic E-state index is 13.6. The Bertz CT molecular complexity index is 1160. The molecule has 3 aliphatic heterocycles. The second kappa shape index (κ2) is 7.95. The highest BCUT2D eigenvalue weighted by Crippen LogP contribution is 2.40. The molecule has 8 heteroatoms. The van der Waals surface area contributed by atoms with Gasteiger partial charge in [0.15, 0.2) is 12.2 Å². The highest BCUT2D eigenvalue weighted by atomic mass is 16.5. The molecule has 0 spiro atoms. The number of hydrogen-bond donors (Lipinski definition) is 0. The minimum Gasteiger partial charge on any atom is -0.497 e. The molecule has 3 aliphatic rings. The van der Waals surface area contributed by atoms with Crippen LogP contribution < -0.4 is 9.64 Å². The Morgan fingerprint density at radius 2 is 1.67 bits per heavy atom. The van der Waals surface area contributed by atoms with Crippen LogP contribution in [0.15, 0.2) is 71.0 Å². The average molecular weight is 446 g/mol. The third-order valence-corrected chi connectivity index (χ3v) is 6.69. The van der Waals surface area contributed by atoms with Gasteiger partial charge in [-0.3, -0.25) is 19.5 Å². The molecule has 1 fully saturated rings. The molecule has 0 saturated carbocycles. The van der Waals surface area contributed by atoms with Gasteiger partial charge in [0.25, 0.3) is 5.91 Å². The van der Waals surface area contributed by atoms with Crippen LogP contribution in [0.3, 0.4) is 0 Å². The van der Waals surface area contributed by atoms with Crippen molar-refractivity contribution >= 4 is 23.6 Å². The fourth-order valence-electron chi connectivity index (χ4n) is 4.74. The summed E-state index contributed by atoms with van der Waals surface area (Å²) in [5.74, 6) is 1.23. The van der Waals surface area contributed by atoms with Crippen molar-refractivity contribution in [3.8, 4) is 5.75 Å². The van der Waals surface area contributed by atoms with E-state index >= 15 is 0 Å². The van der Waals surface area contributed by atoms with Crippen LogP contribution in [-0.2, 0) is 11.2 Å². The van der Waals surface area contributed by atoms with Crippen LogP contribution in [0.1, 0.15) is 19.4 Å². The smallest absolute Gasteiger partial charge is 0.328 e. The van der Waals surface area contributed by atoms with Gasteiger partial charge < -0.3 is 9.64 Å². The second-order valence-corrected chi connectivity index (χ2v) is 8.48. The molecule has 170 valence electrons. The third kappa shape index (κ3) is 3.25. The molecule has 33 heavy (non-hydrogen) atoms. The first-order valence-corrected chi connectivity index (χ1v) is 11.0. The van der Waals surface area contributed by atoms with E-state index in [-0.39, 0.29) is 11.9 Å². The van der Waals surface area contributed by atoms with E-state index in [4.69, 9.17) is 9.73 Å². The van der Waals surface area contributed by atoms with Crippen LogP contribution in [0, 0.1) is 0 Å². The highest BCUT2D eigenvalue weighted by Gasteiger charge is 2.55. The summed E-state index contributed by atoms with van der Waals surface area (Å²) < 4.78 is 5.28. The molecule has 1 saturated heterocycles. The number of methoxy groups -OCH3 is 1. The lowest BCUT2D eigenvalue weighted by Gasteiger charge is -2.40. The monoisotopic (exact) mass is 445 g/mol. The molecule has 0 aliphatic carbocycles. The number of imide groups is 1. The van der Waals surface area contributed by atoms with Crippen molar-refractivity contribution in [3.05, 3.63) is 71.6 Å². The molecular formula is C25H27N5O3. The Hall–Kier alpha value is -3.81. The van der Waals surface area contributed by atoms with E-state index in [0.29, 0.717) is 18.9 Å². The van der Waals surface area contributed by atoms with Gasteiger partial charge >= 0.3 is 6.03 Å². The standard InChI is InChI=1S/C25H27N5O3/c1-16-17(2)30-21-22(26-24(30)29(16)19-10-12-20(33-4)13-11-19)27(3)25(32)28(23(21)31)15-14-18-8-6-5-7-9-18/h5-13,21-22H,14-15H2,1-4H3. The number of fused-ring (bicyclic) bond motifs is 3. The molecule has 0 N–H and O–H groups in total. The van der Waals surface area contributed by atoms with Crippen molar-refractivity contribution in [2.24, 2.45) is 4.99 Å². The first-order valence-electron chi connectivity index (χ1n) is 11.0. The zero-order valence-electron chi connectivity index (χ0n) is 19.2. The van der Waals surface area contributed by atoms with E-state index in [1.807, 2.05) is 78.2 Å². The second-order valence-electron chi connectivity index (χ2n) is 8.48. The largest absolute Gasteiger partial charge is 0.497 e. The summed E-state index contributed by atoms with van der Waals surface area (Å²) in [5, 5.41) is 0. The molecule has 3 heterocycles. The number of likely N-dealkylation sites (N-methyl/N-ethyl adjacent to an activating group) is 1. The molecule has 8 nitrogen and oxygen atoms in total. The van der Waals surface area contributed by atoms with Crippen LogP contribution in [0.25, 0.3) is 0 Å². The first kappa shape index (κ1) is 21.1. The van der Waals surface area contributed by atoms with Gasteiger partial charge in [-0.25, -0.2) is 9.79 Å². The summed E-state index contributed by atoms with van der Waals surface area (Å²) in [4.78, 5) is 38.5. The quantitative estimate of drug-likeness (QED) is 0.707. The number of benzene rings is 2. The van der Waals surface area contributed by atoms with Crippen LogP contribution in [0.4, 0.5) is 10.5 Å². The Labute approximate surface area is 193 Å². The molecule has 2 aromatic carbocycles. The summed E-state index contributed by atoms with van der Waals surface area (Å²) in [6.45, 7) is 4.35. The maximum absolute atomic E-state index is 13.6. The number of ether oxygens (including phenoxy) is 1. The van der Waals surface area contributed by atoms with Crippen molar-refractivity contribution in [2.75, 3.05) is 25.6 Å². The summed E-state index contributed by atoms with van der Waals surface area (Å²) >= 11 is 0. The zero-order valence-corrected chi connectivity index (χ0v) is 19.2. The Morgan fingerprint density at radius 1 is 0.970 bits per heavy atom. The van der Waals surface area contributed by atoms with Gasteiger partial charge in [-0.05, 0) is 50.1 Å². The number of allylic oxidation sites excluding steroid dienone is 2. The van der Waals surface area contributed by atoms with E-state index < -0.39 is 12.2 Å².